The number of ether oxygens (including phenoxy) is 1. The Hall–Kier alpha value is -0.120. The smallest absolute Gasteiger partial charge is 0.0462 e. The molecule has 2 fully saturated rings. The molecule has 3 heteroatoms. The molecular formula is C13H26N2O. The molecule has 1 atom stereocenters. The lowest BCUT2D eigenvalue weighted by Crippen LogP contribution is -2.28. The highest BCUT2D eigenvalue weighted by Crippen LogP contribution is 2.31. The Bertz CT molecular complexity index is 194. The highest BCUT2D eigenvalue weighted by atomic mass is 16.5. The molecule has 0 aromatic rings. The summed E-state index contributed by atoms with van der Waals surface area (Å²) in [6.07, 6.45) is 6.74. The normalized spacial score (nSPS) is 26.4. The van der Waals surface area contributed by atoms with Crippen molar-refractivity contribution >= 4 is 0 Å². The van der Waals surface area contributed by atoms with Crippen LogP contribution in [0.15, 0.2) is 0 Å². The van der Waals surface area contributed by atoms with E-state index in [0.29, 0.717) is 0 Å². The number of hydrogen-bond donors (Lipinski definition) is 1. The van der Waals surface area contributed by atoms with E-state index < -0.39 is 0 Å². The summed E-state index contributed by atoms with van der Waals surface area (Å²) in [5, 5.41) is 3.58. The van der Waals surface area contributed by atoms with E-state index in [1.54, 1.807) is 7.11 Å². The number of nitrogens with one attached hydrogen (secondary N) is 1. The van der Waals surface area contributed by atoms with Crippen LogP contribution >= 0.6 is 0 Å². The molecule has 1 saturated heterocycles. The maximum Gasteiger partial charge on any atom is 0.0462 e. The lowest BCUT2D eigenvalue weighted by atomic mass is 10.1. The van der Waals surface area contributed by atoms with Crippen LogP contribution in [0.1, 0.15) is 32.1 Å². The first kappa shape index (κ1) is 12.3. The van der Waals surface area contributed by atoms with Gasteiger partial charge in [0.05, 0.1) is 0 Å². The Morgan fingerprint density at radius 2 is 2.12 bits per heavy atom. The summed E-state index contributed by atoms with van der Waals surface area (Å²) in [4.78, 5) is 2.69. The number of likely N-dealkylation sites (tertiary alicyclic amines) is 1. The second kappa shape index (κ2) is 6.58. The van der Waals surface area contributed by atoms with Gasteiger partial charge in [-0.25, -0.2) is 0 Å². The fourth-order valence-corrected chi connectivity index (χ4v) is 2.60. The van der Waals surface area contributed by atoms with Crippen LogP contribution in [0.2, 0.25) is 0 Å². The summed E-state index contributed by atoms with van der Waals surface area (Å²) in [5.74, 6) is 0.906. The van der Waals surface area contributed by atoms with E-state index in [-0.39, 0.29) is 0 Å². The van der Waals surface area contributed by atoms with Crippen molar-refractivity contribution in [1.29, 1.82) is 0 Å². The molecule has 3 nitrogen and oxygen atoms in total. The SMILES string of the molecule is COCCCCNCC1CCN(C2CC2)C1. The quantitative estimate of drug-likeness (QED) is 0.635. The van der Waals surface area contributed by atoms with Crippen molar-refractivity contribution in [1.82, 2.24) is 10.2 Å². The van der Waals surface area contributed by atoms with Crippen LogP contribution < -0.4 is 5.32 Å². The number of rotatable bonds is 8. The molecule has 0 aromatic carbocycles. The Kier molecular flexibility index (Phi) is 5.07. The molecule has 1 saturated carbocycles. The van der Waals surface area contributed by atoms with Gasteiger partial charge in [-0.1, -0.05) is 0 Å². The molecule has 1 heterocycles. The van der Waals surface area contributed by atoms with Crippen LogP contribution in [0.4, 0.5) is 0 Å². The molecule has 1 N–H and O–H groups in total. The Morgan fingerprint density at radius 3 is 2.88 bits per heavy atom. The van der Waals surface area contributed by atoms with Gasteiger partial charge in [0, 0.05) is 26.3 Å². The zero-order chi connectivity index (χ0) is 11.2. The molecule has 1 unspecified atom stereocenters. The summed E-state index contributed by atoms with van der Waals surface area (Å²) >= 11 is 0. The molecule has 2 rings (SSSR count). The number of hydrogen-bond acceptors (Lipinski definition) is 3. The van der Waals surface area contributed by atoms with Crippen LogP contribution in [0.3, 0.4) is 0 Å². The third-order valence-corrected chi connectivity index (χ3v) is 3.77. The maximum absolute atomic E-state index is 5.03. The van der Waals surface area contributed by atoms with Gasteiger partial charge in [0.25, 0.3) is 0 Å². The summed E-state index contributed by atoms with van der Waals surface area (Å²) in [7, 11) is 1.78. The van der Waals surface area contributed by atoms with Crippen LogP contribution in [-0.2, 0) is 4.74 Å². The van der Waals surface area contributed by atoms with E-state index in [4.69, 9.17) is 4.74 Å². The number of nitrogens with zero attached hydrogens (tertiary/aromatic N) is 1. The van der Waals surface area contributed by atoms with E-state index in [1.807, 2.05) is 0 Å². The van der Waals surface area contributed by atoms with Gasteiger partial charge >= 0.3 is 0 Å². The minimum absolute atomic E-state index is 0.903. The summed E-state index contributed by atoms with van der Waals surface area (Å²) in [5.41, 5.74) is 0. The minimum atomic E-state index is 0.903. The van der Waals surface area contributed by atoms with Crippen molar-refractivity contribution < 1.29 is 4.74 Å². The van der Waals surface area contributed by atoms with Gasteiger partial charge in [-0.15, -0.1) is 0 Å². The predicted octanol–water partition coefficient (Wildman–Crippen LogP) is 1.49. The monoisotopic (exact) mass is 226 g/mol. The zero-order valence-electron chi connectivity index (χ0n) is 10.6. The Balaban J connectivity index is 1.44. The molecule has 0 spiro atoms. The lowest BCUT2D eigenvalue weighted by Gasteiger charge is -2.15. The van der Waals surface area contributed by atoms with E-state index >= 15 is 0 Å². The molecule has 16 heavy (non-hydrogen) atoms. The first-order valence-electron chi connectivity index (χ1n) is 6.84. The van der Waals surface area contributed by atoms with Gasteiger partial charge in [-0.05, 0) is 57.7 Å². The standard InChI is InChI=1S/C13H26N2O/c1-16-9-3-2-7-14-10-12-6-8-15(11-12)13-4-5-13/h12-14H,2-11H2,1H3. The van der Waals surface area contributed by atoms with E-state index in [1.165, 1.54) is 51.7 Å². The highest BCUT2D eigenvalue weighted by Gasteiger charge is 2.33. The molecule has 2 aliphatic rings. The van der Waals surface area contributed by atoms with Crippen molar-refractivity contribution in [2.75, 3.05) is 39.9 Å². The fourth-order valence-electron chi connectivity index (χ4n) is 2.60. The van der Waals surface area contributed by atoms with Crippen LogP contribution in [-0.4, -0.2) is 50.8 Å². The van der Waals surface area contributed by atoms with E-state index in [2.05, 4.69) is 10.2 Å². The zero-order valence-corrected chi connectivity index (χ0v) is 10.6. The van der Waals surface area contributed by atoms with Gasteiger partial charge in [0.15, 0.2) is 0 Å². The van der Waals surface area contributed by atoms with Crippen molar-refractivity contribution in [3.8, 4) is 0 Å². The molecule has 0 amide bonds. The Morgan fingerprint density at radius 1 is 1.25 bits per heavy atom. The first-order valence-corrected chi connectivity index (χ1v) is 6.84. The van der Waals surface area contributed by atoms with Gasteiger partial charge in [0.2, 0.25) is 0 Å². The van der Waals surface area contributed by atoms with E-state index in [9.17, 15) is 0 Å². The van der Waals surface area contributed by atoms with Gasteiger partial charge in [-0.3, -0.25) is 0 Å². The van der Waals surface area contributed by atoms with Crippen molar-refractivity contribution in [2.24, 2.45) is 5.92 Å². The van der Waals surface area contributed by atoms with Gasteiger partial charge < -0.3 is 15.0 Å². The topological polar surface area (TPSA) is 24.5 Å². The molecular weight excluding hydrogens is 200 g/mol. The number of unbranched alkanes of at least 4 members (excludes halogenated alkanes) is 1. The highest BCUT2D eigenvalue weighted by molar-refractivity contribution is 4.89. The largest absolute Gasteiger partial charge is 0.385 e. The van der Waals surface area contributed by atoms with Gasteiger partial charge in [0.1, 0.15) is 0 Å². The average molecular weight is 226 g/mol. The molecule has 0 aromatic heterocycles. The van der Waals surface area contributed by atoms with Crippen molar-refractivity contribution in [3.63, 3.8) is 0 Å². The van der Waals surface area contributed by atoms with Crippen molar-refractivity contribution in [2.45, 2.75) is 38.1 Å². The van der Waals surface area contributed by atoms with Crippen molar-refractivity contribution in [3.05, 3.63) is 0 Å². The third-order valence-electron chi connectivity index (χ3n) is 3.77. The van der Waals surface area contributed by atoms with E-state index in [0.717, 1.165) is 25.1 Å². The third kappa shape index (κ3) is 4.04. The lowest BCUT2D eigenvalue weighted by molar-refractivity contribution is 0.192. The van der Waals surface area contributed by atoms with Gasteiger partial charge in [-0.2, -0.15) is 0 Å². The van der Waals surface area contributed by atoms with Crippen LogP contribution in [0.25, 0.3) is 0 Å². The molecule has 1 aliphatic heterocycles. The molecule has 0 bridgehead atoms. The number of methoxy groups -OCH3 is 1. The molecule has 0 radical (unpaired) electrons. The Labute approximate surface area is 99.5 Å². The fraction of sp³-hybridized carbons (Fsp3) is 1.00. The second-order valence-electron chi connectivity index (χ2n) is 5.28. The summed E-state index contributed by atoms with van der Waals surface area (Å²) in [6.45, 7) is 5.97. The average Bonchev–Trinajstić information content (AvgIpc) is 3.04. The molecule has 94 valence electrons. The summed E-state index contributed by atoms with van der Waals surface area (Å²) in [6, 6.07) is 0.965. The minimum Gasteiger partial charge on any atom is -0.385 e. The second-order valence-corrected chi connectivity index (χ2v) is 5.28. The summed E-state index contributed by atoms with van der Waals surface area (Å²) < 4.78 is 5.03. The first-order chi connectivity index (χ1) is 7.90. The molecule has 1 aliphatic carbocycles. The predicted molar refractivity (Wildman–Crippen MR) is 66.7 cm³/mol. The van der Waals surface area contributed by atoms with Crippen LogP contribution in [0, 0.1) is 5.92 Å². The van der Waals surface area contributed by atoms with Crippen LogP contribution in [0.5, 0.6) is 0 Å². The maximum atomic E-state index is 5.03.